The summed E-state index contributed by atoms with van der Waals surface area (Å²) in [6, 6.07) is 17.6. The molecule has 5 rings (SSSR count). The van der Waals surface area contributed by atoms with E-state index in [1.165, 1.54) is 12.1 Å². The molecule has 0 bridgehead atoms. The van der Waals surface area contributed by atoms with Gasteiger partial charge in [0.05, 0.1) is 15.3 Å². The van der Waals surface area contributed by atoms with E-state index in [4.69, 9.17) is 9.25 Å². The minimum atomic E-state index is -0.887. The van der Waals surface area contributed by atoms with Gasteiger partial charge in [-0.15, -0.1) is 23.1 Å². The maximum Gasteiger partial charge on any atom is 0.399 e. The average molecular weight is 435 g/mol. The zero-order valence-electron chi connectivity index (χ0n) is 15.4. The molecule has 0 radical (unpaired) electrons. The molecule has 1 aliphatic rings. The second kappa shape index (κ2) is 7.47. The Balaban J connectivity index is 1.46. The van der Waals surface area contributed by atoms with E-state index >= 15 is 0 Å². The van der Waals surface area contributed by atoms with Crippen LogP contribution in [0.25, 0.3) is 11.0 Å². The molecular weight excluding hydrogens is 422 g/mol. The first kappa shape index (κ1) is 18.7. The number of carbonyl (C=O) groups excluding carboxylic acids is 3. The molecule has 2 aromatic heterocycles. The average Bonchev–Trinajstić information content (AvgIpc) is 3.47. The van der Waals surface area contributed by atoms with E-state index < -0.39 is 17.8 Å². The Morgan fingerprint density at radius 3 is 2.37 bits per heavy atom. The van der Waals surface area contributed by atoms with Gasteiger partial charge in [-0.05, 0) is 29.6 Å². The molecule has 0 N–H and O–H groups in total. The molecule has 4 aromatic rings. The van der Waals surface area contributed by atoms with Crippen LogP contribution in [0.1, 0.15) is 36.8 Å². The normalized spacial score (nSPS) is 13.1. The van der Waals surface area contributed by atoms with Crippen LogP contribution in [-0.4, -0.2) is 22.8 Å². The number of fused-ring (bicyclic) bond motifs is 2. The summed E-state index contributed by atoms with van der Waals surface area (Å²) in [6.45, 7) is 0. The molecule has 3 heterocycles. The molecule has 0 unspecified atom stereocenters. The molecule has 0 aliphatic carbocycles. The van der Waals surface area contributed by atoms with Gasteiger partial charge in [0.1, 0.15) is 5.58 Å². The van der Waals surface area contributed by atoms with Crippen LogP contribution in [0.5, 0.6) is 0 Å². The maximum atomic E-state index is 12.9. The molecule has 0 atom stereocenters. The summed E-state index contributed by atoms with van der Waals surface area (Å²) in [5.41, 5.74) is 1.60. The molecule has 0 fully saturated rings. The fourth-order valence-corrected chi connectivity index (χ4v) is 5.08. The van der Waals surface area contributed by atoms with Crippen molar-refractivity contribution < 1.29 is 23.6 Å². The third kappa shape index (κ3) is 3.10. The first-order valence-electron chi connectivity index (χ1n) is 9.00. The Bertz CT molecular complexity index is 1260. The standard InChI is InChI=1S/C22H13NO5S2/c24-20-14-7-1-2-8-15(14)21(25)23(20)28-22(26)19-16(12-30-18-10-5-11-29-18)13-6-3-4-9-17(13)27-19/h1-11H,12H2. The van der Waals surface area contributed by atoms with Crippen LogP contribution in [0.2, 0.25) is 0 Å². The van der Waals surface area contributed by atoms with Crippen molar-refractivity contribution in [2.24, 2.45) is 0 Å². The fourth-order valence-electron chi connectivity index (χ4n) is 3.27. The van der Waals surface area contributed by atoms with Gasteiger partial charge in [-0.1, -0.05) is 41.5 Å². The zero-order valence-corrected chi connectivity index (χ0v) is 17.0. The van der Waals surface area contributed by atoms with Crippen molar-refractivity contribution in [1.29, 1.82) is 0 Å². The van der Waals surface area contributed by atoms with Crippen molar-refractivity contribution in [3.05, 3.63) is 88.5 Å². The van der Waals surface area contributed by atoms with Crippen molar-refractivity contribution >= 4 is 51.9 Å². The summed E-state index contributed by atoms with van der Waals surface area (Å²) in [5.74, 6) is -1.77. The molecular formula is C22H13NO5S2. The smallest absolute Gasteiger partial charge is 0.399 e. The summed E-state index contributed by atoms with van der Waals surface area (Å²) in [6.07, 6.45) is 0. The molecule has 2 amide bonds. The van der Waals surface area contributed by atoms with Crippen LogP contribution < -0.4 is 0 Å². The van der Waals surface area contributed by atoms with Gasteiger partial charge >= 0.3 is 5.97 Å². The Morgan fingerprint density at radius 1 is 0.967 bits per heavy atom. The third-order valence-corrected chi connectivity index (χ3v) is 6.83. The van der Waals surface area contributed by atoms with E-state index in [9.17, 15) is 14.4 Å². The molecule has 0 saturated heterocycles. The lowest BCUT2D eigenvalue weighted by Crippen LogP contribution is -2.32. The van der Waals surface area contributed by atoms with E-state index in [1.54, 1.807) is 47.4 Å². The number of amides is 2. The number of imide groups is 1. The van der Waals surface area contributed by atoms with Crippen molar-refractivity contribution in [1.82, 2.24) is 5.06 Å². The van der Waals surface area contributed by atoms with Crippen molar-refractivity contribution in [2.75, 3.05) is 0 Å². The second-order valence-corrected chi connectivity index (χ2v) is 8.68. The predicted molar refractivity (Wildman–Crippen MR) is 112 cm³/mol. The first-order chi connectivity index (χ1) is 14.6. The van der Waals surface area contributed by atoms with Crippen LogP contribution >= 0.6 is 23.1 Å². The quantitative estimate of drug-likeness (QED) is 0.319. The van der Waals surface area contributed by atoms with Gasteiger partial charge in [0.15, 0.2) is 0 Å². The number of hydrogen-bond acceptors (Lipinski definition) is 7. The molecule has 8 heteroatoms. The molecule has 30 heavy (non-hydrogen) atoms. The number of thioether (sulfide) groups is 1. The lowest BCUT2D eigenvalue weighted by Gasteiger charge is -2.12. The Kier molecular flexibility index (Phi) is 4.65. The number of para-hydroxylation sites is 1. The van der Waals surface area contributed by atoms with Gasteiger partial charge in [0.2, 0.25) is 5.76 Å². The van der Waals surface area contributed by atoms with Crippen LogP contribution in [-0.2, 0) is 10.6 Å². The van der Waals surface area contributed by atoms with E-state index in [0.717, 1.165) is 9.60 Å². The summed E-state index contributed by atoms with van der Waals surface area (Å²) in [4.78, 5) is 43.1. The van der Waals surface area contributed by atoms with Crippen LogP contribution in [0.15, 0.2) is 74.7 Å². The minimum absolute atomic E-state index is 0.0168. The first-order valence-corrected chi connectivity index (χ1v) is 10.9. The summed E-state index contributed by atoms with van der Waals surface area (Å²) >= 11 is 3.17. The highest BCUT2D eigenvalue weighted by molar-refractivity contribution is 8.00. The van der Waals surface area contributed by atoms with Crippen LogP contribution in [0.4, 0.5) is 0 Å². The summed E-state index contributed by atoms with van der Waals surface area (Å²) in [5, 5.41) is 3.26. The van der Waals surface area contributed by atoms with Gasteiger partial charge in [-0.3, -0.25) is 9.59 Å². The summed E-state index contributed by atoms with van der Waals surface area (Å²) < 4.78 is 6.85. The fraction of sp³-hybridized carbons (Fsp3) is 0.0455. The van der Waals surface area contributed by atoms with E-state index in [2.05, 4.69) is 0 Å². The Labute approximate surface area is 179 Å². The largest absolute Gasteiger partial charge is 0.449 e. The predicted octanol–water partition coefficient (Wildman–Crippen LogP) is 5.15. The van der Waals surface area contributed by atoms with Crippen LogP contribution in [0.3, 0.4) is 0 Å². The molecule has 0 saturated carbocycles. The van der Waals surface area contributed by atoms with Gasteiger partial charge in [-0.2, -0.15) is 0 Å². The number of nitrogens with zero attached hydrogens (tertiary/aromatic N) is 1. The Hall–Kier alpha value is -3.36. The number of rotatable bonds is 5. The third-order valence-electron chi connectivity index (χ3n) is 4.67. The topological polar surface area (TPSA) is 76.8 Å². The number of hydrogen-bond donors (Lipinski definition) is 0. The zero-order chi connectivity index (χ0) is 20.7. The van der Waals surface area contributed by atoms with Crippen molar-refractivity contribution in [2.45, 2.75) is 9.96 Å². The molecule has 6 nitrogen and oxygen atoms in total. The number of hydroxylamine groups is 2. The number of thiophene rings is 1. The van der Waals surface area contributed by atoms with Gasteiger partial charge in [0.25, 0.3) is 11.8 Å². The SMILES string of the molecule is O=C(ON1C(=O)c2ccccc2C1=O)c1oc2ccccc2c1CSc1cccs1. The van der Waals surface area contributed by atoms with Gasteiger partial charge < -0.3 is 9.25 Å². The highest BCUT2D eigenvalue weighted by Gasteiger charge is 2.39. The molecule has 148 valence electrons. The molecule has 2 aromatic carbocycles. The monoisotopic (exact) mass is 435 g/mol. The van der Waals surface area contributed by atoms with Crippen molar-refractivity contribution in [3.63, 3.8) is 0 Å². The highest BCUT2D eigenvalue weighted by atomic mass is 32.2. The summed E-state index contributed by atoms with van der Waals surface area (Å²) in [7, 11) is 0. The number of carbonyl (C=O) groups is 3. The van der Waals surface area contributed by atoms with E-state index in [-0.39, 0.29) is 16.9 Å². The maximum absolute atomic E-state index is 12.9. The lowest BCUT2D eigenvalue weighted by molar-refractivity contribution is -0.0602. The molecule has 0 spiro atoms. The lowest BCUT2D eigenvalue weighted by atomic mass is 10.1. The molecule has 1 aliphatic heterocycles. The van der Waals surface area contributed by atoms with Crippen LogP contribution in [0, 0.1) is 0 Å². The van der Waals surface area contributed by atoms with Crippen molar-refractivity contribution in [3.8, 4) is 0 Å². The second-order valence-electron chi connectivity index (χ2n) is 6.46. The van der Waals surface area contributed by atoms with E-state index in [0.29, 0.717) is 22.0 Å². The number of furan rings is 1. The minimum Gasteiger partial charge on any atom is -0.449 e. The Morgan fingerprint density at radius 2 is 1.67 bits per heavy atom. The van der Waals surface area contributed by atoms with Gasteiger partial charge in [-0.25, -0.2) is 4.79 Å². The number of benzene rings is 2. The highest BCUT2D eigenvalue weighted by Crippen LogP contribution is 2.34. The van der Waals surface area contributed by atoms with E-state index in [1.807, 2.05) is 29.6 Å². The van der Waals surface area contributed by atoms with Gasteiger partial charge in [0, 0.05) is 16.7 Å².